The SMILES string of the molecule is O=C(Nc1ccccc1CN1CCCC1)c1cccc(NC(=O)C2CCCO2)c1. The summed E-state index contributed by atoms with van der Waals surface area (Å²) >= 11 is 0. The van der Waals surface area contributed by atoms with E-state index in [-0.39, 0.29) is 11.8 Å². The van der Waals surface area contributed by atoms with Gasteiger partial charge in [0.15, 0.2) is 0 Å². The van der Waals surface area contributed by atoms with Gasteiger partial charge in [-0.05, 0) is 68.6 Å². The van der Waals surface area contributed by atoms with Crippen LogP contribution in [0.1, 0.15) is 41.6 Å². The number of amides is 2. The van der Waals surface area contributed by atoms with Gasteiger partial charge in [0.05, 0.1) is 0 Å². The lowest BCUT2D eigenvalue weighted by Gasteiger charge is -2.18. The van der Waals surface area contributed by atoms with E-state index in [2.05, 4.69) is 21.6 Å². The lowest BCUT2D eigenvalue weighted by atomic mass is 10.1. The number of hydrogen-bond donors (Lipinski definition) is 2. The first-order valence-corrected chi connectivity index (χ1v) is 10.3. The molecule has 2 amide bonds. The maximum atomic E-state index is 12.8. The Morgan fingerprint density at radius 2 is 1.83 bits per heavy atom. The summed E-state index contributed by atoms with van der Waals surface area (Å²) in [4.78, 5) is 27.5. The molecule has 2 aromatic rings. The summed E-state index contributed by atoms with van der Waals surface area (Å²) < 4.78 is 5.42. The molecule has 0 bridgehead atoms. The second kappa shape index (κ2) is 9.20. The molecule has 2 N–H and O–H groups in total. The van der Waals surface area contributed by atoms with Crippen molar-refractivity contribution in [1.82, 2.24) is 4.90 Å². The van der Waals surface area contributed by atoms with Crippen molar-refractivity contribution in [2.45, 2.75) is 38.3 Å². The van der Waals surface area contributed by atoms with E-state index in [0.29, 0.717) is 17.9 Å². The first-order valence-electron chi connectivity index (χ1n) is 10.3. The number of para-hydroxylation sites is 1. The minimum Gasteiger partial charge on any atom is -0.368 e. The maximum Gasteiger partial charge on any atom is 0.255 e. The van der Waals surface area contributed by atoms with Crippen molar-refractivity contribution in [2.24, 2.45) is 0 Å². The van der Waals surface area contributed by atoms with Crippen LogP contribution in [-0.4, -0.2) is 42.5 Å². The average Bonchev–Trinajstić information content (AvgIpc) is 3.44. The highest BCUT2D eigenvalue weighted by molar-refractivity contribution is 6.05. The second-order valence-electron chi connectivity index (χ2n) is 7.67. The van der Waals surface area contributed by atoms with E-state index in [1.165, 1.54) is 12.8 Å². The summed E-state index contributed by atoms with van der Waals surface area (Å²) in [6.45, 7) is 3.68. The molecular weight excluding hydrogens is 366 g/mol. The zero-order chi connectivity index (χ0) is 20.1. The van der Waals surface area contributed by atoms with E-state index >= 15 is 0 Å². The molecule has 1 atom stereocenters. The summed E-state index contributed by atoms with van der Waals surface area (Å²) in [5, 5.41) is 5.89. The van der Waals surface area contributed by atoms with E-state index < -0.39 is 6.10 Å². The number of benzene rings is 2. The molecule has 6 nitrogen and oxygen atoms in total. The van der Waals surface area contributed by atoms with Gasteiger partial charge in [0.25, 0.3) is 11.8 Å². The molecule has 2 saturated heterocycles. The summed E-state index contributed by atoms with van der Waals surface area (Å²) in [5.74, 6) is -0.344. The fourth-order valence-corrected chi connectivity index (χ4v) is 3.90. The van der Waals surface area contributed by atoms with Crippen LogP contribution in [0.2, 0.25) is 0 Å². The molecule has 4 rings (SSSR count). The predicted molar refractivity (Wildman–Crippen MR) is 113 cm³/mol. The Kier molecular flexibility index (Phi) is 6.22. The third-order valence-electron chi connectivity index (χ3n) is 5.47. The minimum atomic E-state index is -0.398. The Morgan fingerprint density at radius 1 is 1.00 bits per heavy atom. The smallest absolute Gasteiger partial charge is 0.255 e. The van der Waals surface area contributed by atoms with Gasteiger partial charge in [0.2, 0.25) is 0 Å². The van der Waals surface area contributed by atoms with Crippen molar-refractivity contribution < 1.29 is 14.3 Å². The van der Waals surface area contributed by atoms with Gasteiger partial charge in [0.1, 0.15) is 6.10 Å². The molecule has 29 heavy (non-hydrogen) atoms. The lowest BCUT2D eigenvalue weighted by molar-refractivity contribution is -0.124. The standard InChI is InChI=1S/C23H27N3O3/c27-22(25-20-10-2-1-7-18(20)16-26-12-3-4-13-26)17-8-5-9-19(15-17)24-23(28)21-11-6-14-29-21/h1-2,5,7-10,15,21H,3-4,6,11-14,16H2,(H,24,28)(H,25,27). The highest BCUT2D eigenvalue weighted by Gasteiger charge is 2.23. The van der Waals surface area contributed by atoms with Gasteiger partial charge in [-0.25, -0.2) is 0 Å². The molecule has 2 aromatic carbocycles. The molecule has 1 unspecified atom stereocenters. The third-order valence-corrected chi connectivity index (χ3v) is 5.47. The van der Waals surface area contributed by atoms with Crippen molar-refractivity contribution in [3.8, 4) is 0 Å². The van der Waals surface area contributed by atoms with Crippen LogP contribution in [0.4, 0.5) is 11.4 Å². The largest absolute Gasteiger partial charge is 0.368 e. The van der Waals surface area contributed by atoms with Crippen LogP contribution in [0.25, 0.3) is 0 Å². The van der Waals surface area contributed by atoms with E-state index in [0.717, 1.165) is 43.7 Å². The van der Waals surface area contributed by atoms with Crippen molar-refractivity contribution >= 4 is 23.2 Å². The number of nitrogens with one attached hydrogen (secondary N) is 2. The molecule has 0 spiro atoms. The molecule has 2 fully saturated rings. The van der Waals surface area contributed by atoms with Gasteiger partial charge in [-0.1, -0.05) is 24.3 Å². The molecule has 0 saturated carbocycles. The Morgan fingerprint density at radius 3 is 2.62 bits per heavy atom. The highest BCUT2D eigenvalue weighted by Crippen LogP contribution is 2.22. The fourth-order valence-electron chi connectivity index (χ4n) is 3.90. The minimum absolute atomic E-state index is 0.156. The summed E-state index contributed by atoms with van der Waals surface area (Å²) in [5.41, 5.74) is 3.05. The second-order valence-corrected chi connectivity index (χ2v) is 7.67. The normalized spacial score (nSPS) is 19.2. The number of nitrogens with zero attached hydrogens (tertiary/aromatic N) is 1. The number of carbonyl (C=O) groups excluding carboxylic acids is 2. The Hall–Kier alpha value is -2.70. The van der Waals surface area contributed by atoms with Gasteiger partial charge in [-0.3, -0.25) is 14.5 Å². The van der Waals surface area contributed by atoms with E-state index in [4.69, 9.17) is 4.74 Å². The third kappa shape index (κ3) is 5.02. The predicted octanol–water partition coefficient (Wildman–Crippen LogP) is 3.65. The monoisotopic (exact) mass is 393 g/mol. The van der Waals surface area contributed by atoms with Crippen LogP contribution in [0.5, 0.6) is 0 Å². The molecular formula is C23H27N3O3. The number of anilines is 2. The van der Waals surface area contributed by atoms with Crippen LogP contribution in [0, 0.1) is 0 Å². The van der Waals surface area contributed by atoms with E-state index in [1.54, 1.807) is 24.3 Å². The molecule has 2 heterocycles. The average molecular weight is 393 g/mol. The molecule has 152 valence electrons. The Balaban J connectivity index is 1.43. The van der Waals surface area contributed by atoms with Crippen molar-refractivity contribution in [1.29, 1.82) is 0 Å². The number of hydrogen-bond acceptors (Lipinski definition) is 4. The van der Waals surface area contributed by atoms with Gasteiger partial charge >= 0.3 is 0 Å². The molecule has 0 radical (unpaired) electrons. The van der Waals surface area contributed by atoms with Crippen LogP contribution in [0.15, 0.2) is 48.5 Å². The van der Waals surface area contributed by atoms with Gasteiger partial charge in [-0.2, -0.15) is 0 Å². The molecule has 2 aliphatic heterocycles. The van der Waals surface area contributed by atoms with Gasteiger partial charge < -0.3 is 15.4 Å². The van der Waals surface area contributed by atoms with Crippen LogP contribution < -0.4 is 10.6 Å². The first kappa shape index (κ1) is 19.6. The fraction of sp³-hybridized carbons (Fsp3) is 0.391. The number of likely N-dealkylation sites (tertiary alicyclic amines) is 1. The van der Waals surface area contributed by atoms with Crippen LogP contribution in [-0.2, 0) is 16.1 Å². The van der Waals surface area contributed by atoms with Crippen molar-refractivity contribution in [2.75, 3.05) is 30.3 Å². The number of carbonyl (C=O) groups is 2. The van der Waals surface area contributed by atoms with Crippen LogP contribution in [0.3, 0.4) is 0 Å². The number of rotatable bonds is 6. The Labute approximate surface area is 171 Å². The lowest BCUT2D eigenvalue weighted by Crippen LogP contribution is -2.27. The molecule has 6 heteroatoms. The van der Waals surface area contributed by atoms with Gasteiger partial charge in [-0.15, -0.1) is 0 Å². The van der Waals surface area contributed by atoms with E-state index in [9.17, 15) is 9.59 Å². The summed E-state index contributed by atoms with van der Waals surface area (Å²) in [6.07, 6.45) is 3.71. The van der Waals surface area contributed by atoms with Crippen molar-refractivity contribution in [3.05, 3.63) is 59.7 Å². The zero-order valence-electron chi connectivity index (χ0n) is 16.5. The molecule has 0 aliphatic carbocycles. The van der Waals surface area contributed by atoms with Crippen molar-refractivity contribution in [3.63, 3.8) is 0 Å². The topological polar surface area (TPSA) is 70.7 Å². The van der Waals surface area contributed by atoms with Gasteiger partial charge in [0, 0.05) is 30.1 Å². The molecule has 0 aromatic heterocycles. The summed E-state index contributed by atoms with van der Waals surface area (Å²) in [7, 11) is 0. The van der Waals surface area contributed by atoms with Crippen LogP contribution >= 0.6 is 0 Å². The summed E-state index contributed by atoms with van der Waals surface area (Å²) in [6, 6.07) is 14.9. The zero-order valence-corrected chi connectivity index (χ0v) is 16.5. The quantitative estimate of drug-likeness (QED) is 0.786. The molecule has 2 aliphatic rings. The Bertz CT molecular complexity index is 871. The first-order chi connectivity index (χ1) is 14.2. The van der Waals surface area contributed by atoms with E-state index in [1.807, 2.05) is 18.2 Å². The maximum absolute atomic E-state index is 12.8. The highest BCUT2D eigenvalue weighted by atomic mass is 16.5. The number of ether oxygens (including phenoxy) is 1.